The topological polar surface area (TPSA) is 89.5 Å². The van der Waals surface area contributed by atoms with Crippen LogP contribution in [0.25, 0.3) is 10.3 Å². The van der Waals surface area contributed by atoms with Gasteiger partial charge in [-0.3, -0.25) is 4.90 Å². The molecular formula is C26H28F2N8OS. The Labute approximate surface area is 223 Å². The number of carbonyl (C=O) groups excluding carboxylic acids is 1. The van der Waals surface area contributed by atoms with Gasteiger partial charge < -0.3 is 20.4 Å². The number of hydrogen-bond acceptors (Lipinski definition) is 8. The van der Waals surface area contributed by atoms with Gasteiger partial charge in [0.15, 0.2) is 5.13 Å². The molecule has 12 heteroatoms. The molecule has 0 atom stereocenters. The Morgan fingerprint density at radius 2 is 1.82 bits per heavy atom. The number of rotatable bonds is 7. The number of benzene rings is 1. The van der Waals surface area contributed by atoms with E-state index in [2.05, 4.69) is 30.5 Å². The first-order valence-electron chi connectivity index (χ1n) is 12.2. The number of aromatic nitrogens is 3. The Bertz CT molecular complexity index is 1420. The van der Waals surface area contributed by atoms with Gasteiger partial charge in [0, 0.05) is 71.2 Å². The predicted molar refractivity (Wildman–Crippen MR) is 145 cm³/mol. The number of nitrogens with one attached hydrogen (secondary N) is 2. The Balaban J connectivity index is 1.15. The highest BCUT2D eigenvalue weighted by atomic mass is 32.1. The van der Waals surface area contributed by atoms with Gasteiger partial charge in [-0.15, -0.1) is 0 Å². The molecule has 0 aliphatic carbocycles. The molecule has 3 aromatic heterocycles. The second kappa shape index (κ2) is 11.2. The summed E-state index contributed by atoms with van der Waals surface area (Å²) in [6.07, 6.45) is 1.85. The van der Waals surface area contributed by atoms with E-state index in [1.165, 1.54) is 23.5 Å². The zero-order chi connectivity index (χ0) is 26.6. The number of fused-ring (bicyclic) bond motifs is 1. The average molecular weight is 539 g/mol. The summed E-state index contributed by atoms with van der Waals surface area (Å²) in [6.45, 7) is 4.06. The van der Waals surface area contributed by atoms with Gasteiger partial charge in [0.2, 0.25) is 0 Å². The summed E-state index contributed by atoms with van der Waals surface area (Å²) in [6, 6.07) is 11.1. The van der Waals surface area contributed by atoms with Crippen molar-refractivity contribution in [3.05, 3.63) is 71.4 Å². The van der Waals surface area contributed by atoms with Gasteiger partial charge in [-0.05, 0) is 29.8 Å². The highest BCUT2D eigenvalue weighted by Crippen LogP contribution is 2.28. The quantitative estimate of drug-likeness (QED) is 0.358. The van der Waals surface area contributed by atoms with E-state index in [0.717, 1.165) is 54.7 Å². The summed E-state index contributed by atoms with van der Waals surface area (Å²) in [5.41, 5.74) is 2.19. The molecule has 38 heavy (non-hydrogen) atoms. The molecule has 198 valence electrons. The van der Waals surface area contributed by atoms with Crippen LogP contribution in [-0.2, 0) is 13.1 Å². The van der Waals surface area contributed by atoms with Crippen LogP contribution >= 0.6 is 11.3 Å². The molecule has 1 aromatic carbocycles. The van der Waals surface area contributed by atoms with Crippen LogP contribution in [0, 0.1) is 11.6 Å². The number of anilines is 3. The molecule has 2 N–H and O–H groups in total. The lowest BCUT2D eigenvalue weighted by Gasteiger charge is -2.35. The minimum Gasteiger partial charge on any atom is -0.366 e. The van der Waals surface area contributed by atoms with Crippen LogP contribution in [0.15, 0.2) is 48.7 Å². The maximum absolute atomic E-state index is 13.9. The maximum Gasteiger partial charge on any atom is 0.319 e. The van der Waals surface area contributed by atoms with Gasteiger partial charge in [0.05, 0.1) is 0 Å². The van der Waals surface area contributed by atoms with E-state index in [-0.39, 0.29) is 12.6 Å². The smallest absolute Gasteiger partial charge is 0.319 e. The standard InChI is InChI=1S/C26H28F2N8OS/c1-34(2)26(37)36-11-9-35(10-12-36)16-17-3-7-23(29-14-17)33-25-31-21-6-8-22(32-24(21)38-25)30-15-18-4-5-19(27)13-20(18)28/h3-8,13-14H,9-12,15-16H2,1-2H3,(H,30,32)(H,29,31,33). The second-order valence-electron chi connectivity index (χ2n) is 9.25. The lowest BCUT2D eigenvalue weighted by molar-refractivity contribution is 0.120. The van der Waals surface area contributed by atoms with Gasteiger partial charge >= 0.3 is 6.03 Å². The molecule has 1 aliphatic heterocycles. The summed E-state index contributed by atoms with van der Waals surface area (Å²) in [5, 5.41) is 6.97. The van der Waals surface area contributed by atoms with E-state index in [1.54, 1.807) is 25.1 Å². The Morgan fingerprint density at radius 1 is 1.03 bits per heavy atom. The maximum atomic E-state index is 13.9. The summed E-state index contributed by atoms with van der Waals surface area (Å²) in [5.74, 6) is 0.0539. The number of carbonyl (C=O) groups is 1. The highest BCUT2D eigenvalue weighted by Gasteiger charge is 2.22. The number of amides is 2. The first-order valence-corrected chi connectivity index (χ1v) is 13.0. The summed E-state index contributed by atoms with van der Waals surface area (Å²) in [7, 11) is 3.55. The van der Waals surface area contributed by atoms with Crippen molar-refractivity contribution in [3.63, 3.8) is 0 Å². The Kier molecular flexibility index (Phi) is 7.61. The number of nitrogens with zero attached hydrogens (tertiary/aromatic N) is 6. The van der Waals surface area contributed by atoms with Crippen LogP contribution in [0.4, 0.5) is 30.3 Å². The fourth-order valence-electron chi connectivity index (χ4n) is 4.16. The molecule has 5 rings (SSSR count). The van der Waals surface area contributed by atoms with Crippen molar-refractivity contribution in [1.82, 2.24) is 29.7 Å². The van der Waals surface area contributed by atoms with Gasteiger partial charge in [-0.2, -0.15) is 0 Å². The molecule has 0 bridgehead atoms. The van der Waals surface area contributed by atoms with Crippen LogP contribution < -0.4 is 10.6 Å². The zero-order valence-corrected chi connectivity index (χ0v) is 21.9. The number of piperazine rings is 1. The molecule has 1 saturated heterocycles. The molecule has 2 amide bonds. The largest absolute Gasteiger partial charge is 0.366 e. The fourth-order valence-corrected chi connectivity index (χ4v) is 5.00. The van der Waals surface area contributed by atoms with E-state index >= 15 is 0 Å². The van der Waals surface area contributed by atoms with Crippen molar-refractivity contribution >= 4 is 44.5 Å². The number of pyridine rings is 2. The summed E-state index contributed by atoms with van der Waals surface area (Å²) < 4.78 is 27.0. The average Bonchev–Trinajstić information content (AvgIpc) is 3.31. The SMILES string of the molecule is CN(C)C(=O)N1CCN(Cc2ccc(Nc3nc4ccc(NCc5ccc(F)cc5F)nc4s3)nc2)CC1. The van der Waals surface area contributed by atoms with Crippen LogP contribution in [0.3, 0.4) is 0 Å². The van der Waals surface area contributed by atoms with Crippen molar-refractivity contribution in [3.8, 4) is 0 Å². The van der Waals surface area contributed by atoms with Gasteiger partial charge in [-0.1, -0.05) is 23.5 Å². The van der Waals surface area contributed by atoms with Gasteiger partial charge in [0.1, 0.15) is 33.6 Å². The van der Waals surface area contributed by atoms with Crippen LogP contribution in [-0.4, -0.2) is 76.0 Å². The van der Waals surface area contributed by atoms with Crippen LogP contribution in [0.1, 0.15) is 11.1 Å². The van der Waals surface area contributed by atoms with Crippen molar-refractivity contribution in [2.45, 2.75) is 13.1 Å². The zero-order valence-electron chi connectivity index (χ0n) is 21.1. The normalized spacial score (nSPS) is 14.1. The summed E-state index contributed by atoms with van der Waals surface area (Å²) in [4.78, 5) is 32.3. The number of hydrogen-bond donors (Lipinski definition) is 2. The van der Waals surface area contributed by atoms with E-state index < -0.39 is 11.6 Å². The van der Waals surface area contributed by atoms with E-state index in [0.29, 0.717) is 22.3 Å². The monoisotopic (exact) mass is 538 g/mol. The van der Waals surface area contributed by atoms with Gasteiger partial charge in [0.25, 0.3) is 0 Å². The molecule has 4 aromatic rings. The molecule has 0 unspecified atom stereocenters. The number of urea groups is 1. The molecule has 1 aliphatic rings. The predicted octanol–water partition coefficient (Wildman–Crippen LogP) is 4.52. The Hall–Kier alpha value is -3.90. The minimum atomic E-state index is -0.604. The minimum absolute atomic E-state index is 0.0552. The molecular weight excluding hydrogens is 510 g/mol. The van der Waals surface area contributed by atoms with Gasteiger partial charge in [-0.25, -0.2) is 28.5 Å². The lowest BCUT2D eigenvalue weighted by Crippen LogP contribution is -2.51. The van der Waals surface area contributed by atoms with Crippen molar-refractivity contribution in [1.29, 1.82) is 0 Å². The van der Waals surface area contributed by atoms with E-state index in [1.807, 2.05) is 29.3 Å². The second-order valence-corrected chi connectivity index (χ2v) is 10.2. The fraction of sp³-hybridized carbons (Fsp3) is 0.308. The first-order chi connectivity index (χ1) is 18.3. The highest BCUT2D eigenvalue weighted by molar-refractivity contribution is 7.21. The van der Waals surface area contributed by atoms with Crippen molar-refractivity contribution in [2.24, 2.45) is 0 Å². The molecule has 4 heterocycles. The number of thiazole rings is 1. The summed E-state index contributed by atoms with van der Waals surface area (Å²) >= 11 is 1.39. The number of halogens is 2. The first kappa shape index (κ1) is 25.7. The van der Waals surface area contributed by atoms with Crippen molar-refractivity contribution < 1.29 is 13.6 Å². The van der Waals surface area contributed by atoms with Crippen molar-refractivity contribution in [2.75, 3.05) is 50.9 Å². The molecule has 0 radical (unpaired) electrons. The third-order valence-corrected chi connectivity index (χ3v) is 7.10. The lowest BCUT2D eigenvalue weighted by atomic mass is 10.2. The Morgan fingerprint density at radius 3 is 2.53 bits per heavy atom. The van der Waals surface area contributed by atoms with E-state index in [4.69, 9.17) is 0 Å². The third-order valence-electron chi connectivity index (χ3n) is 6.22. The molecule has 9 nitrogen and oxygen atoms in total. The van der Waals surface area contributed by atoms with Crippen LogP contribution in [0.2, 0.25) is 0 Å². The third kappa shape index (κ3) is 6.14. The molecule has 0 spiro atoms. The molecule has 0 saturated carbocycles. The van der Waals surface area contributed by atoms with Crippen LogP contribution in [0.5, 0.6) is 0 Å². The van der Waals surface area contributed by atoms with E-state index in [9.17, 15) is 13.6 Å². The molecule has 1 fully saturated rings.